The third-order valence-electron chi connectivity index (χ3n) is 3.05. The third-order valence-corrected chi connectivity index (χ3v) is 3.05. The van der Waals surface area contributed by atoms with Crippen molar-refractivity contribution in [2.24, 2.45) is 0 Å². The van der Waals surface area contributed by atoms with Crippen molar-refractivity contribution >= 4 is 5.82 Å². The first kappa shape index (κ1) is 11.2. The molecule has 2 aromatic heterocycles. The van der Waals surface area contributed by atoms with Gasteiger partial charge in [-0.25, -0.2) is 4.68 Å². The van der Waals surface area contributed by atoms with Crippen LogP contribution in [0.15, 0.2) is 4.52 Å². The smallest absolute Gasteiger partial charge is 0.248 e. The van der Waals surface area contributed by atoms with Gasteiger partial charge in [0.05, 0.1) is 5.69 Å². The highest BCUT2D eigenvalue weighted by Crippen LogP contribution is 2.41. The minimum Gasteiger partial charge on any atom is -0.381 e. The lowest BCUT2D eigenvalue weighted by molar-refractivity contribution is 0.356. The Bertz CT molecular complexity index is 554. The quantitative estimate of drug-likeness (QED) is 0.875. The number of nitrogens with zero attached hydrogens (tertiary/aromatic N) is 5. The SMILES string of the molecule is CC(C)c1noc(Cn2nnc(N)c2C2CC2)n1. The molecular formula is C11H16N6O. The number of hydrogen-bond acceptors (Lipinski definition) is 6. The molecule has 0 radical (unpaired) electrons. The minimum atomic E-state index is 0.256. The fourth-order valence-corrected chi connectivity index (χ4v) is 1.92. The second-order valence-corrected chi connectivity index (χ2v) is 4.99. The maximum atomic E-state index is 5.83. The Kier molecular flexibility index (Phi) is 2.53. The van der Waals surface area contributed by atoms with Gasteiger partial charge in [-0.15, -0.1) is 5.10 Å². The Labute approximate surface area is 104 Å². The number of rotatable bonds is 4. The average Bonchev–Trinajstić information content (AvgIpc) is 2.93. The molecule has 0 atom stereocenters. The fourth-order valence-electron chi connectivity index (χ4n) is 1.92. The molecule has 1 aliphatic carbocycles. The maximum absolute atomic E-state index is 5.83. The Balaban J connectivity index is 1.83. The molecule has 2 heterocycles. The highest BCUT2D eigenvalue weighted by molar-refractivity contribution is 5.38. The van der Waals surface area contributed by atoms with Gasteiger partial charge in [0.25, 0.3) is 0 Å². The summed E-state index contributed by atoms with van der Waals surface area (Å²) < 4.78 is 6.97. The minimum absolute atomic E-state index is 0.256. The summed E-state index contributed by atoms with van der Waals surface area (Å²) >= 11 is 0. The van der Waals surface area contributed by atoms with Gasteiger partial charge in [0.15, 0.2) is 11.6 Å². The Hall–Kier alpha value is -1.92. The van der Waals surface area contributed by atoms with Crippen molar-refractivity contribution in [2.75, 3.05) is 5.73 Å². The summed E-state index contributed by atoms with van der Waals surface area (Å²) in [5.74, 6) is 2.52. The highest BCUT2D eigenvalue weighted by atomic mass is 16.5. The van der Waals surface area contributed by atoms with E-state index >= 15 is 0 Å². The molecule has 0 aromatic carbocycles. The monoisotopic (exact) mass is 248 g/mol. The summed E-state index contributed by atoms with van der Waals surface area (Å²) in [7, 11) is 0. The molecule has 96 valence electrons. The summed E-state index contributed by atoms with van der Waals surface area (Å²) in [5, 5.41) is 11.9. The van der Waals surface area contributed by atoms with E-state index in [1.165, 1.54) is 0 Å². The lowest BCUT2D eigenvalue weighted by atomic mass is 10.2. The van der Waals surface area contributed by atoms with Crippen LogP contribution >= 0.6 is 0 Å². The van der Waals surface area contributed by atoms with E-state index in [9.17, 15) is 0 Å². The molecule has 2 aromatic rings. The average molecular weight is 248 g/mol. The van der Waals surface area contributed by atoms with Crippen LogP contribution < -0.4 is 5.73 Å². The van der Waals surface area contributed by atoms with Gasteiger partial charge in [-0.2, -0.15) is 4.98 Å². The van der Waals surface area contributed by atoms with E-state index in [4.69, 9.17) is 10.3 Å². The van der Waals surface area contributed by atoms with E-state index in [2.05, 4.69) is 20.5 Å². The van der Waals surface area contributed by atoms with Gasteiger partial charge in [0, 0.05) is 11.8 Å². The van der Waals surface area contributed by atoms with Crippen molar-refractivity contribution in [3.63, 3.8) is 0 Å². The lowest BCUT2D eigenvalue weighted by Gasteiger charge is -2.01. The van der Waals surface area contributed by atoms with Gasteiger partial charge < -0.3 is 10.3 Å². The van der Waals surface area contributed by atoms with Gasteiger partial charge in [-0.05, 0) is 12.8 Å². The second-order valence-electron chi connectivity index (χ2n) is 4.99. The zero-order valence-electron chi connectivity index (χ0n) is 10.5. The van der Waals surface area contributed by atoms with Gasteiger partial charge >= 0.3 is 0 Å². The summed E-state index contributed by atoms with van der Waals surface area (Å²) in [6.45, 7) is 4.49. The highest BCUT2D eigenvalue weighted by Gasteiger charge is 2.31. The van der Waals surface area contributed by atoms with Crippen molar-refractivity contribution in [2.45, 2.75) is 45.1 Å². The summed E-state index contributed by atoms with van der Waals surface area (Å²) in [6, 6.07) is 0. The molecule has 18 heavy (non-hydrogen) atoms. The van der Waals surface area contributed by atoms with E-state index in [0.29, 0.717) is 30.0 Å². The summed E-state index contributed by atoms with van der Waals surface area (Å²) in [6.07, 6.45) is 2.30. The first-order valence-corrected chi connectivity index (χ1v) is 6.16. The van der Waals surface area contributed by atoms with Crippen LogP contribution in [0.1, 0.15) is 55.9 Å². The normalized spacial score (nSPS) is 15.5. The topological polar surface area (TPSA) is 95.7 Å². The molecule has 0 aliphatic heterocycles. The van der Waals surface area contributed by atoms with Crippen molar-refractivity contribution in [3.8, 4) is 0 Å². The largest absolute Gasteiger partial charge is 0.381 e. The molecule has 3 rings (SSSR count). The number of hydrogen-bond donors (Lipinski definition) is 1. The van der Waals surface area contributed by atoms with Crippen LogP contribution in [-0.2, 0) is 6.54 Å². The number of anilines is 1. The van der Waals surface area contributed by atoms with Crippen molar-refractivity contribution in [3.05, 3.63) is 17.4 Å². The van der Waals surface area contributed by atoms with E-state index in [0.717, 1.165) is 18.5 Å². The Morgan fingerprint density at radius 1 is 1.44 bits per heavy atom. The van der Waals surface area contributed by atoms with Crippen molar-refractivity contribution in [1.82, 2.24) is 25.1 Å². The molecule has 0 bridgehead atoms. The van der Waals surface area contributed by atoms with Crippen LogP contribution in [0, 0.1) is 0 Å². The van der Waals surface area contributed by atoms with Crippen LogP contribution in [0.2, 0.25) is 0 Å². The van der Waals surface area contributed by atoms with Crippen LogP contribution in [0.25, 0.3) is 0 Å². The first-order chi connectivity index (χ1) is 8.65. The second kappa shape index (κ2) is 4.08. The van der Waals surface area contributed by atoms with E-state index < -0.39 is 0 Å². The first-order valence-electron chi connectivity index (χ1n) is 6.16. The number of nitrogen functional groups attached to an aromatic ring is 1. The Morgan fingerprint density at radius 3 is 2.83 bits per heavy atom. The van der Waals surface area contributed by atoms with Crippen LogP contribution in [0.3, 0.4) is 0 Å². The van der Waals surface area contributed by atoms with Crippen LogP contribution in [-0.4, -0.2) is 25.1 Å². The summed E-state index contributed by atoms with van der Waals surface area (Å²) in [5.41, 5.74) is 6.83. The lowest BCUT2D eigenvalue weighted by Crippen LogP contribution is -2.07. The van der Waals surface area contributed by atoms with Gasteiger partial charge in [0.2, 0.25) is 5.89 Å². The van der Waals surface area contributed by atoms with Crippen molar-refractivity contribution < 1.29 is 4.52 Å². The molecule has 0 unspecified atom stereocenters. The zero-order chi connectivity index (χ0) is 12.7. The number of nitrogens with two attached hydrogens (primary N) is 1. The molecule has 2 N–H and O–H groups in total. The molecule has 0 amide bonds. The number of aromatic nitrogens is 5. The predicted octanol–water partition coefficient (Wildman–Crippen LogP) is 1.29. The van der Waals surface area contributed by atoms with Gasteiger partial charge in [0.1, 0.15) is 6.54 Å². The van der Waals surface area contributed by atoms with E-state index in [-0.39, 0.29) is 5.92 Å². The summed E-state index contributed by atoms with van der Waals surface area (Å²) in [4.78, 5) is 4.33. The van der Waals surface area contributed by atoms with Crippen LogP contribution in [0.4, 0.5) is 5.82 Å². The Morgan fingerprint density at radius 2 is 2.22 bits per heavy atom. The van der Waals surface area contributed by atoms with E-state index in [1.807, 2.05) is 13.8 Å². The van der Waals surface area contributed by atoms with E-state index in [1.54, 1.807) is 4.68 Å². The molecule has 7 nitrogen and oxygen atoms in total. The third kappa shape index (κ3) is 1.96. The van der Waals surface area contributed by atoms with Gasteiger partial charge in [-0.1, -0.05) is 24.2 Å². The molecular weight excluding hydrogens is 232 g/mol. The zero-order valence-corrected chi connectivity index (χ0v) is 10.5. The van der Waals surface area contributed by atoms with Crippen LogP contribution in [0.5, 0.6) is 0 Å². The molecule has 1 saturated carbocycles. The molecule has 0 spiro atoms. The molecule has 1 fully saturated rings. The standard InChI is InChI=1S/C11H16N6O/c1-6(2)11-13-8(18-15-11)5-17-9(7-3-4-7)10(12)14-16-17/h6-7H,3-5,12H2,1-2H3. The van der Waals surface area contributed by atoms with Crippen molar-refractivity contribution in [1.29, 1.82) is 0 Å². The fraction of sp³-hybridized carbons (Fsp3) is 0.636. The van der Waals surface area contributed by atoms with Gasteiger partial charge in [-0.3, -0.25) is 0 Å². The molecule has 0 saturated heterocycles. The molecule has 7 heteroatoms. The maximum Gasteiger partial charge on any atom is 0.248 e. The molecule has 1 aliphatic rings. The predicted molar refractivity (Wildman–Crippen MR) is 63.9 cm³/mol.